The maximum absolute atomic E-state index is 12.4. The highest BCUT2D eigenvalue weighted by Gasteiger charge is 2.40. The van der Waals surface area contributed by atoms with Gasteiger partial charge >= 0.3 is 5.97 Å². The van der Waals surface area contributed by atoms with E-state index in [4.69, 9.17) is 10.5 Å². The van der Waals surface area contributed by atoms with Gasteiger partial charge in [0.05, 0.1) is 7.11 Å². The van der Waals surface area contributed by atoms with Gasteiger partial charge in [-0.2, -0.15) is 0 Å². The van der Waals surface area contributed by atoms with Crippen LogP contribution in [0.3, 0.4) is 0 Å². The number of esters is 1. The SMILES string of the molecule is COC(=O)C(CN)(Cc1cccc(O)c1)c1ccccc1. The van der Waals surface area contributed by atoms with E-state index in [0.29, 0.717) is 6.42 Å². The summed E-state index contributed by atoms with van der Waals surface area (Å²) in [4.78, 5) is 12.4. The maximum Gasteiger partial charge on any atom is 0.317 e. The lowest BCUT2D eigenvalue weighted by Crippen LogP contribution is -2.45. The summed E-state index contributed by atoms with van der Waals surface area (Å²) >= 11 is 0. The second kappa shape index (κ2) is 6.41. The number of carbonyl (C=O) groups is 1. The Balaban J connectivity index is 2.48. The number of nitrogens with two attached hydrogens (primary N) is 1. The Bertz CT molecular complexity index is 612. The van der Waals surface area contributed by atoms with E-state index in [2.05, 4.69) is 0 Å². The third kappa shape index (κ3) is 3.06. The van der Waals surface area contributed by atoms with E-state index in [0.717, 1.165) is 11.1 Å². The Morgan fingerprint density at radius 1 is 1.19 bits per heavy atom. The summed E-state index contributed by atoms with van der Waals surface area (Å²) in [6.07, 6.45) is 0.370. The first-order valence-corrected chi connectivity index (χ1v) is 6.74. The van der Waals surface area contributed by atoms with E-state index in [1.165, 1.54) is 7.11 Å². The molecule has 0 aromatic heterocycles. The maximum atomic E-state index is 12.4. The molecule has 4 heteroatoms. The molecule has 0 aliphatic carbocycles. The predicted octanol–water partition coefficient (Wildman–Crippen LogP) is 2.00. The molecule has 110 valence electrons. The van der Waals surface area contributed by atoms with Crippen molar-refractivity contribution < 1.29 is 14.6 Å². The van der Waals surface area contributed by atoms with Crippen molar-refractivity contribution in [3.05, 3.63) is 65.7 Å². The number of phenolic OH excluding ortho intramolecular Hbond substituents is 1. The number of rotatable bonds is 5. The number of ether oxygens (including phenoxy) is 1. The molecule has 1 unspecified atom stereocenters. The van der Waals surface area contributed by atoms with Gasteiger partial charge in [0.15, 0.2) is 0 Å². The zero-order valence-electron chi connectivity index (χ0n) is 12.0. The van der Waals surface area contributed by atoms with Gasteiger partial charge in [-0.05, 0) is 29.7 Å². The van der Waals surface area contributed by atoms with Crippen LogP contribution in [0, 0.1) is 0 Å². The molecule has 0 aliphatic rings. The van der Waals surface area contributed by atoms with Crippen LogP contribution in [0.4, 0.5) is 0 Å². The van der Waals surface area contributed by atoms with Crippen LogP contribution >= 0.6 is 0 Å². The van der Waals surface area contributed by atoms with Gasteiger partial charge in [-0.25, -0.2) is 0 Å². The Kier molecular flexibility index (Phi) is 4.60. The second-order valence-electron chi connectivity index (χ2n) is 4.99. The van der Waals surface area contributed by atoms with Gasteiger partial charge in [-0.1, -0.05) is 42.5 Å². The van der Waals surface area contributed by atoms with Crippen molar-refractivity contribution in [3.63, 3.8) is 0 Å². The molecule has 0 bridgehead atoms. The number of methoxy groups -OCH3 is 1. The van der Waals surface area contributed by atoms with Crippen molar-refractivity contribution in [3.8, 4) is 5.75 Å². The van der Waals surface area contributed by atoms with Gasteiger partial charge in [0.1, 0.15) is 11.2 Å². The molecule has 0 aliphatic heterocycles. The Labute approximate surface area is 124 Å². The number of aromatic hydroxyl groups is 1. The van der Waals surface area contributed by atoms with E-state index in [1.54, 1.807) is 18.2 Å². The molecule has 0 heterocycles. The highest BCUT2D eigenvalue weighted by molar-refractivity contribution is 5.84. The first-order chi connectivity index (χ1) is 10.1. The number of phenols is 1. The molecule has 2 rings (SSSR count). The smallest absolute Gasteiger partial charge is 0.317 e. The molecule has 21 heavy (non-hydrogen) atoms. The molecule has 4 nitrogen and oxygen atoms in total. The van der Waals surface area contributed by atoms with E-state index < -0.39 is 5.41 Å². The number of benzene rings is 2. The summed E-state index contributed by atoms with van der Waals surface area (Å²) in [5.41, 5.74) is 6.62. The summed E-state index contributed by atoms with van der Waals surface area (Å²) in [7, 11) is 1.36. The largest absolute Gasteiger partial charge is 0.508 e. The molecule has 0 saturated heterocycles. The number of hydrogen-bond donors (Lipinski definition) is 2. The monoisotopic (exact) mass is 285 g/mol. The molecule has 0 amide bonds. The predicted molar refractivity (Wildman–Crippen MR) is 81.0 cm³/mol. The van der Waals surface area contributed by atoms with Gasteiger partial charge in [-0.3, -0.25) is 4.79 Å². The summed E-state index contributed by atoms with van der Waals surface area (Å²) in [5.74, 6) is -0.212. The zero-order chi connectivity index (χ0) is 15.3. The third-order valence-electron chi connectivity index (χ3n) is 3.67. The summed E-state index contributed by atoms with van der Waals surface area (Å²) in [5, 5.41) is 9.60. The lowest BCUT2D eigenvalue weighted by molar-refractivity contribution is -0.147. The minimum Gasteiger partial charge on any atom is -0.508 e. The lowest BCUT2D eigenvalue weighted by atomic mass is 9.75. The van der Waals surface area contributed by atoms with Crippen LogP contribution in [-0.2, 0) is 21.4 Å². The highest BCUT2D eigenvalue weighted by atomic mass is 16.5. The minimum absolute atomic E-state index is 0.124. The molecule has 2 aromatic rings. The highest BCUT2D eigenvalue weighted by Crippen LogP contribution is 2.30. The first-order valence-electron chi connectivity index (χ1n) is 6.74. The van der Waals surface area contributed by atoms with Crippen molar-refractivity contribution in [2.45, 2.75) is 11.8 Å². The molecule has 1 atom stereocenters. The van der Waals surface area contributed by atoms with E-state index in [-0.39, 0.29) is 18.3 Å². The lowest BCUT2D eigenvalue weighted by Gasteiger charge is -2.30. The summed E-state index contributed by atoms with van der Waals surface area (Å²) in [6, 6.07) is 16.2. The van der Waals surface area contributed by atoms with Gasteiger partial charge in [0, 0.05) is 6.54 Å². The van der Waals surface area contributed by atoms with Crippen molar-refractivity contribution in [1.82, 2.24) is 0 Å². The molecular formula is C17H19NO3. The molecule has 0 saturated carbocycles. The minimum atomic E-state index is -0.955. The van der Waals surface area contributed by atoms with Crippen LogP contribution in [0.25, 0.3) is 0 Å². The van der Waals surface area contributed by atoms with Crippen molar-refractivity contribution in [2.24, 2.45) is 5.73 Å². The number of hydrogen-bond acceptors (Lipinski definition) is 4. The summed E-state index contributed by atoms with van der Waals surface area (Å²) < 4.78 is 4.98. The van der Waals surface area contributed by atoms with Crippen LogP contribution in [0.5, 0.6) is 5.75 Å². The Hall–Kier alpha value is -2.33. The van der Waals surface area contributed by atoms with Crippen molar-refractivity contribution >= 4 is 5.97 Å². The quantitative estimate of drug-likeness (QED) is 0.824. The average Bonchev–Trinajstić information content (AvgIpc) is 2.53. The van der Waals surface area contributed by atoms with Crippen LogP contribution in [-0.4, -0.2) is 24.7 Å². The molecular weight excluding hydrogens is 266 g/mol. The molecule has 0 radical (unpaired) electrons. The van der Waals surface area contributed by atoms with Gasteiger partial charge in [0.25, 0.3) is 0 Å². The van der Waals surface area contributed by atoms with Crippen LogP contribution < -0.4 is 5.73 Å². The Morgan fingerprint density at radius 2 is 1.90 bits per heavy atom. The molecule has 0 fully saturated rings. The van der Waals surface area contributed by atoms with Crippen molar-refractivity contribution in [1.29, 1.82) is 0 Å². The van der Waals surface area contributed by atoms with Crippen LogP contribution in [0.15, 0.2) is 54.6 Å². The van der Waals surface area contributed by atoms with Crippen LogP contribution in [0.1, 0.15) is 11.1 Å². The van der Waals surface area contributed by atoms with Crippen LogP contribution in [0.2, 0.25) is 0 Å². The van der Waals surface area contributed by atoms with Gasteiger partial charge in [-0.15, -0.1) is 0 Å². The summed E-state index contributed by atoms with van der Waals surface area (Å²) in [6.45, 7) is 0.124. The fraction of sp³-hybridized carbons (Fsp3) is 0.235. The second-order valence-corrected chi connectivity index (χ2v) is 4.99. The zero-order valence-corrected chi connectivity index (χ0v) is 12.0. The molecule has 3 N–H and O–H groups in total. The number of carbonyl (C=O) groups excluding carboxylic acids is 1. The third-order valence-corrected chi connectivity index (χ3v) is 3.67. The van der Waals surface area contributed by atoms with E-state index in [1.807, 2.05) is 36.4 Å². The average molecular weight is 285 g/mol. The first kappa shape index (κ1) is 15.1. The molecule has 0 spiro atoms. The fourth-order valence-electron chi connectivity index (χ4n) is 2.53. The normalized spacial score (nSPS) is 13.4. The van der Waals surface area contributed by atoms with Crippen molar-refractivity contribution in [2.75, 3.05) is 13.7 Å². The van der Waals surface area contributed by atoms with Gasteiger partial charge in [0.2, 0.25) is 0 Å². The topological polar surface area (TPSA) is 72.5 Å². The van der Waals surface area contributed by atoms with E-state index in [9.17, 15) is 9.90 Å². The van der Waals surface area contributed by atoms with Gasteiger partial charge < -0.3 is 15.6 Å². The van der Waals surface area contributed by atoms with E-state index >= 15 is 0 Å². The fourth-order valence-corrected chi connectivity index (χ4v) is 2.53. The Morgan fingerprint density at radius 3 is 2.48 bits per heavy atom. The molecule has 2 aromatic carbocycles. The standard InChI is InChI=1S/C17H19NO3/c1-21-16(20)17(12-18,14-7-3-2-4-8-14)11-13-6-5-9-15(19)10-13/h2-10,19H,11-12,18H2,1H3.